The second kappa shape index (κ2) is 8.73. The zero-order chi connectivity index (χ0) is 21.9. The maximum Gasteiger partial charge on any atom is 0.255 e. The average Bonchev–Trinajstić information content (AvgIpc) is 2.85. The molecule has 5 rings (SSSR count). The summed E-state index contributed by atoms with van der Waals surface area (Å²) in [6.07, 6.45) is 0. The van der Waals surface area contributed by atoms with Crippen LogP contribution in [-0.2, 0) is 0 Å². The third-order valence-electron chi connectivity index (χ3n) is 5.12. The first-order valence-corrected chi connectivity index (χ1v) is 11.0. The number of aromatic nitrogens is 2. The summed E-state index contributed by atoms with van der Waals surface area (Å²) in [6, 6.07) is 32.9. The summed E-state index contributed by atoms with van der Waals surface area (Å²) >= 11 is 3.40. The van der Waals surface area contributed by atoms with E-state index in [1.807, 2.05) is 91.0 Å². The molecule has 0 fully saturated rings. The van der Waals surface area contributed by atoms with Gasteiger partial charge in [-0.15, -0.1) is 0 Å². The molecule has 0 radical (unpaired) electrons. The number of hydrogen-bond donors (Lipinski definition) is 1. The van der Waals surface area contributed by atoms with Crippen LogP contribution < -0.4 is 5.32 Å². The molecule has 0 aliphatic carbocycles. The minimum Gasteiger partial charge on any atom is -0.322 e. The lowest BCUT2D eigenvalue weighted by atomic mass is 10.0. The van der Waals surface area contributed by atoms with Crippen molar-refractivity contribution in [3.05, 3.63) is 113 Å². The van der Waals surface area contributed by atoms with Crippen LogP contribution in [0.15, 0.2) is 108 Å². The maximum atomic E-state index is 12.8. The first-order valence-electron chi connectivity index (χ1n) is 10.2. The first-order chi connectivity index (χ1) is 15.7. The van der Waals surface area contributed by atoms with E-state index in [0.717, 1.165) is 38.2 Å². The molecule has 4 nitrogen and oxygen atoms in total. The van der Waals surface area contributed by atoms with Gasteiger partial charge in [0.25, 0.3) is 5.91 Å². The van der Waals surface area contributed by atoms with Gasteiger partial charge in [-0.2, -0.15) is 0 Å². The summed E-state index contributed by atoms with van der Waals surface area (Å²) in [4.78, 5) is 22.7. The molecule has 5 aromatic rings. The van der Waals surface area contributed by atoms with Crippen LogP contribution in [0.4, 0.5) is 5.69 Å². The van der Waals surface area contributed by atoms with Crippen LogP contribution in [0.1, 0.15) is 10.4 Å². The predicted octanol–water partition coefficient (Wildman–Crippen LogP) is 6.98. The molecular formula is C27H18BrN3O. The van der Waals surface area contributed by atoms with Crippen molar-refractivity contribution in [2.45, 2.75) is 0 Å². The summed E-state index contributed by atoms with van der Waals surface area (Å²) < 4.78 is 0.958. The smallest absolute Gasteiger partial charge is 0.255 e. The van der Waals surface area contributed by atoms with Crippen molar-refractivity contribution in [2.24, 2.45) is 0 Å². The number of amides is 1. The molecule has 0 spiro atoms. The molecule has 0 saturated carbocycles. The molecule has 154 valence electrons. The Hall–Kier alpha value is -3.83. The lowest BCUT2D eigenvalue weighted by molar-refractivity contribution is 0.102. The van der Waals surface area contributed by atoms with Crippen LogP contribution >= 0.6 is 15.9 Å². The highest BCUT2D eigenvalue weighted by molar-refractivity contribution is 9.10. The van der Waals surface area contributed by atoms with Gasteiger partial charge in [0, 0.05) is 26.9 Å². The monoisotopic (exact) mass is 479 g/mol. The van der Waals surface area contributed by atoms with E-state index in [0.29, 0.717) is 11.1 Å². The van der Waals surface area contributed by atoms with Gasteiger partial charge in [0.2, 0.25) is 0 Å². The number of carbonyl (C=O) groups excluding carboxylic acids is 1. The highest BCUT2D eigenvalue weighted by Gasteiger charge is 2.15. The highest BCUT2D eigenvalue weighted by atomic mass is 79.9. The Morgan fingerprint density at radius 2 is 1.22 bits per heavy atom. The molecule has 0 aliphatic rings. The van der Waals surface area contributed by atoms with Crippen molar-refractivity contribution < 1.29 is 4.79 Å². The molecule has 0 aliphatic heterocycles. The van der Waals surface area contributed by atoms with E-state index in [-0.39, 0.29) is 5.91 Å². The molecule has 1 aromatic heterocycles. The van der Waals surface area contributed by atoms with E-state index in [2.05, 4.69) is 21.2 Å². The Labute approximate surface area is 194 Å². The fourth-order valence-corrected chi connectivity index (χ4v) is 3.79. The fraction of sp³-hybridized carbons (Fsp3) is 0. The molecule has 1 heterocycles. The van der Waals surface area contributed by atoms with E-state index in [4.69, 9.17) is 9.97 Å². The van der Waals surface area contributed by atoms with Gasteiger partial charge in [-0.3, -0.25) is 4.79 Å². The Kier molecular flexibility index (Phi) is 5.48. The maximum absolute atomic E-state index is 12.8. The number of benzene rings is 4. The predicted molar refractivity (Wildman–Crippen MR) is 133 cm³/mol. The Balaban J connectivity index is 1.59. The standard InChI is InChI=1S/C27H18BrN3O/c28-21-12-14-22(15-13-21)29-27(32)20-11-16-23-24(17-20)31-26(19-9-5-2-6-10-19)25(30-23)18-7-3-1-4-8-18/h1-17H,(H,29,32). The van der Waals surface area contributed by atoms with E-state index in [1.54, 1.807) is 12.1 Å². The van der Waals surface area contributed by atoms with Crippen molar-refractivity contribution in [3.8, 4) is 22.5 Å². The van der Waals surface area contributed by atoms with Gasteiger partial charge in [0.1, 0.15) is 0 Å². The number of rotatable bonds is 4. The average molecular weight is 480 g/mol. The van der Waals surface area contributed by atoms with Crippen LogP contribution in [0.25, 0.3) is 33.5 Å². The fourth-order valence-electron chi connectivity index (χ4n) is 3.53. The molecule has 0 atom stereocenters. The van der Waals surface area contributed by atoms with Crippen molar-refractivity contribution in [2.75, 3.05) is 5.32 Å². The van der Waals surface area contributed by atoms with E-state index in [9.17, 15) is 4.79 Å². The minimum absolute atomic E-state index is 0.190. The molecule has 4 aromatic carbocycles. The second-order valence-electron chi connectivity index (χ2n) is 7.32. The molecular weight excluding hydrogens is 462 g/mol. The lowest BCUT2D eigenvalue weighted by Gasteiger charge is -2.11. The number of anilines is 1. The summed E-state index contributed by atoms with van der Waals surface area (Å²) in [5, 5.41) is 2.93. The number of halogens is 1. The second-order valence-corrected chi connectivity index (χ2v) is 8.23. The van der Waals surface area contributed by atoms with Gasteiger partial charge in [0.05, 0.1) is 22.4 Å². The van der Waals surface area contributed by atoms with Gasteiger partial charge in [-0.1, -0.05) is 76.6 Å². The molecule has 1 amide bonds. The topological polar surface area (TPSA) is 54.9 Å². The quantitative estimate of drug-likeness (QED) is 0.302. The first kappa shape index (κ1) is 20.1. The van der Waals surface area contributed by atoms with Crippen molar-refractivity contribution >= 4 is 38.6 Å². The third kappa shape index (κ3) is 4.15. The number of nitrogens with one attached hydrogen (secondary N) is 1. The summed E-state index contributed by atoms with van der Waals surface area (Å²) in [5.41, 5.74) is 6.25. The molecule has 0 saturated heterocycles. The Bertz CT molecular complexity index is 1400. The van der Waals surface area contributed by atoms with Crippen LogP contribution in [0, 0.1) is 0 Å². The van der Waals surface area contributed by atoms with Crippen molar-refractivity contribution in [1.82, 2.24) is 9.97 Å². The summed E-state index contributed by atoms with van der Waals surface area (Å²) in [6.45, 7) is 0. The SMILES string of the molecule is O=C(Nc1ccc(Br)cc1)c1ccc2nc(-c3ccccc3)c(-c3ccccc3)nc2c1. The minimum atomic E-state index is -0.190. The van der Waals surface area contributed by atoms with Crippen LogP contribution in [-0.4, -0.2) is 15.9 Å². The number of fused-ring (bicyclic) bond motifs is 1. The van der Waals surface area contributed by atoms with Crippen LogP contribution in [0.3, 0.4) is 0 Å². The largest absolute Gasteiger partial charge is 0.322 e. The summed E-state index contributed by atoms with van der Waals surface area (Å²) in [5.74, 6) is -0.190. The zero-order valence-electron chi connectivity index (χ0n) is 17.0. The number of hydrogen-bond acceptors (Lipinski definition) is 3. The number of nitrogens with zero attached hydrogens (tertiary/aromatic N) is 2. The van der Waals surface area contributed by atoms with Crippen molar-refractivity contribution in [1.29, 1.82) is 0 Å². The van der Waals surface area contributed by atoms with Gasteiger partial charge >= 0.3 is 0 Å². The van der Waals surface area contributed by atoms with E-state index in [1.165, 1.54) is 0 Å². The van der Waals surface area contributed by atoms with Crippen LogP contribution in [0.5, 0.6) is 0 Å². The zero-order valence-corrected chi connectivity index (χ0v) is 18.6. The Morgan fingerprint density at radius 3 is 1.81 bits per heavy atom. The Morgan fingerprint density at radius 1 is 0.656 bits per heavy atom. The molecule has 32 heavy (non-hydrogen) atoms. The summed E-state index contributed by atoms with van der Waals surface area (Å²) in [7, 11) is 0. The van der Waals surface area contributed by atoms with E-state index >= 15 is 0 Å². The highest BCUT2D eigenvalue weighted by Crippen LogP contribution is 2.31. The molecule has 5 heteroatoms. The van der Waals surface area contributed by atoms with Gasteiger partial charge in [-0.05, 0) is 42.5 Å². The van der Waals surface area contributed by atoms with Crippen LogP contribution in [0.2, 0.25) is 0 Å². The number of carbonyl (C=O) groups is 1. The third-order valence-corrected chi connectivity index (χ3v) is 5.65. The molecule has 1 N–H and O–H groups in total. The van der Waals surface area contributed by atoms with E-state index < -0.39 is 0 Å². The van der Waals surface area contributed by atoms with Crippen molar-refractivity contribution in [3.63, 3.8) is 0 Å². The molecule has 0 bridgehead atoms. The molecule has 0 unspecified atom stereocenters. The van der Waals surface area contributed by atoms with Gasteiger partial charge in [0.15, 0.2) is 0 Å². The van der Waals surface area contributed by atoms with Gasteiger partial charge in [-0.25, -0.2) is 9.97 Å². The normalized spacial score (nSPS) is 10.8. The lowest BCUT2D eigenvalue weighted by Crippen LogP contribution is -2.12. The van der Waals surface area contributed by atoms with Gasteiger partial charge < -0.3 is 5.32 Å².